The van der Waals surface area contributed by atoms with E-state index < -0.39 is 12.0 Å². The molecule has 1 unspecified atom stereocenters. The van der Waals surface area contributed by atoms with E-state index in [1.165, 1.54) is 37.5 Å². The third-order valence-corrected chi connectivity index (χ3v) is 4.80. The van der Waals surface area contributed by atoms with Crippen LogP contribution >= 0.6 is 0 Å². The molecule has 0 saturated heterocycles. The average molecular weight is 362 g/mol. The number of ether oxygens (including phenoxy) is 1. The van der Waals surface area contributed by atoms with Gasteiger partial charge in [0.1, 0.15) is 6.04 Å². The number of methoxy groups -OCH3 is 1. The largest absolute Gasteiger partial charge is 0.481 e. The Hall–Kier alpha value is -2.11. The molecule has 6 heteroatoms. The zero-order valence-corrected chi connectivity index (χ0v) is 15.8. The Balaban J connectivity index is 2.08. The molecule has 0 aromatic carbocycles. The van der Waals surface area contributed by atoms with Crippen molar-refractivity contribution in [3.8, 4) is 5.88 Å². The molecule has 0 bridgehead atoms. The van der Waals surface area contributed by atoms with Crippen molar-refractivity contribution in [2.24, 2.45) is 5.92 Å². The van der Waals surface area contributed by atoms with E-state index in [-0.39, 0.29) is 11.8 Å². The monoisotopic (exact) mass is 362 g/mol. The molecule has 1 aromatic rings. The van der Waals surface area contributed by atoms with Crippen LogP contribution in [0.5, 0.6) is 5.88 Å². The molecule has 2 rings (SSSR count). The Labute approximate surface area is 155 Å². The molecule has 1 aromatic heterocycles. The van der Waals surface area contributed by atoms with Crippen LogP contribution in [-0.2, 0) is 9.59 Å². The lowest BCUT2D eigenvalue weighted by Gasteiger charge is -2.29. The van der Waals surface area contributed by atoms with Crippen LogP contribution < -0.4 is 9.64 Å². The van der Waals surface area contributed by atoms with Crippen LogP contribution in [0.4, 0.5) is 5.69 Å². The maximum Gasteiger partial charge on any atom is 0.326 e. The minimum Gasteiger partial charge on any atom is -0.481 e. The zero-order chi connectivity index (χ0) is 18.9. The van der Waals surface area contributed by atoms with Gasteiger partial charge in [-0.15, -0.1) is 0 Å². The van der Waals surface area contributed by atoms with Crippen LogP contribution in [-0.4, -0.2) is 35.1 Å². The summed E-state index contributed by atoms with van der Waals surface area (Å²) in [6.07, 6.45) is 10.2. The number of carboxylic acids is 1. The number of nitrogens with zero attached hydrogens (tertiary/aromatic N) is 2. The van der Waals surface area contributed by atoms with E-state index in [0.29, 0.717) is 18.0 Å². The second kappa shape index (κ2) is 10.1. The fraction of sp³-hybridized carbons (Fsp3) is 0.650. The van der Waals surface area contributed by atoms with Crippen LogP contribution in [0.15, 0.2) is 18.3 Å². The molecular weight excluding hydrogens is 332 g/mol. The van der Waals surface area contributed by atoms with Crippen LogP contribution in [0.25, 0.3) is 0 Å². The number of carbonyl (C=O) groups is 2. The molecule has 1 amide bonds. The Bertz CT molecular complexity index is 584. The Kier molecular flexibility index (Phi) is 7.88. The van der Waals surface area contributed by atoms with Gasteiger partial charge in [0.05, 0.1) is 19.0 Å². The average Bonchev–Trinajstić information content (AvgIpc) is 3.48. The lowest BCUT2D eigenvalue weighted by atomic mass is 10.0. The third kappa shape index (κ3) is 5.71. The molecule has 6 nitrogen and oxygen atoms in total. The summed E-state index contributed by atoms with van der Waals surface area (Å²) in [5.41, 5.74) is 0.529. The van der Waals surface area contributed by atoms with Gasteiger partial charge in [-0.1, -0.05) is 45.4 Å². The van der Waals surface area contributed by atoms with Gasteiger partial charge in [0.15, 0.2) is 0 Å². The molecule has 26 heavy (non-hydrogen) atoms. The van der Waals surface area contributed by atoms with Crippen molar-refractivity contribution < 1.29 is 19.4 Å². The van der Waals surface area contributed by atoms with Gasteiger partial charge < -0.3 is 9.84 Å². The highest BCUT2D eigenvalue weighted by Gasteiger charge is 2.39. The van der Waals surface area contributed by atoms with Crippen molar-refractivity contribution in [1.29, 1.82) is 0 Å². The standard InChI is InChI=1S/C20H30N2O4/c1-3-4-5-6-7-8-9-17(20(24)25)22(19(23)15-10-11-15)16-12-13-18(26-2)21-14-16/h12-15,17H,3-11H2,1-2H3,(H,24,25). The van der Waals surface area contributed by atoms with Gasteiger partial charge in [-0.25, -0.2) is 9.78 Å². The highest BCUT2D eigenvalue weighted by atomic mass is 16.5. The smallest absolute Gasteiger partial charge is 0.326 e. The van der Waals surface area contributed by atoms with Crippen molar-refractivity contribution in [1.82, 2.24) is 4.98 Å². The molecule has 1 aliphatic carbocycles. The summed E-state index contributed by atoms with van der Waals surface area (Å²) in [5.74, 6) is -0.669. The molecule has 0 radical (unpaired) electrons. The number of pyridine rings is 1. The predicted octanol–water partition coefficient (Wildman–Crippen LogP) is 4.04. The summed E-state index contributed by atoms with van der Waals surface area (Å²) in [7, 11) is 1.52. The second-order valence-electron chi connectivity index (χ2n) is 6.95. The quantitative estimate of drug-likeness (QED) is 0.568. The Morgan fingerprint density at radius 3 is 2.46 bits per heavy atom. The van der Waals surface area contributed by atoms with Gasteiger partial charge in [0.25, 0.3) is 0 Å². The molecule has 1 atom stereocenters. The van der Waals surface area contributed by atoms with Crippen molar-refractivity contribution >= 4 is 17.6 Å². The van der Waals surface area contributed by atoms with Crippen molar-refractivity contribution in [2.45, 2.75) is 70.8 Å². The van der Waals surface area contributed by atoms with Gasteiger partial charge in [-0.2, -0.15) is 0 Å². The van der Waals surface area contributed by atoms with E-state index in [0.717, 1.165) is 32.1 Å². The first-order valence-corrected chi connectivity index (χ1v) is 9.64. The van der Waals surface area contributed by atoms with E-state index >= 15 is 0 Å². The van der Waals surface area contributed by atoms with Crippen molar-refractivity contribution in [3.05, 3.63) is 18.3 Å². The fourth-order valence-corrected chi connectivity index (χ4v) is 3.10. The minimum absolute atomic E-state index is 0.0523. The SMILES string of the molecule is CCCCCCCCC(C(=O)O)N(C(=O)C1CC1)c1ccc(OC)nc1. The number of hydrogen-bond acceptors (Lipinski definition) is 4. The predicted molar refractivity (Wildman–Crippen MR) is 100 cm³/mol. The summed E-state index contributed by atoms with van der Waals surface area (Å²) >= 11 is 0. The van der Waals surface area contributed by atoms with Gasteiger partial charge in [0.2, 0.25) is 11.8 Å². The maximum absolute atomic E-state index is 12.8. The summed E-state index contributed by atoms with van der Waals surface area (Å²) < 4.78 is 5.06. The highest BCUT2D eigenvalue weighted by Crippen LogP contribution is 2.34. The van der Waals surface area contributed by atoms with E-state index in [9.17, 15) is 14.7 Å². The van der Waals surface area contributed by atoms with Gasteiger partial charge in [-0.05, 0) is 25.3 Å². The van der Waals surface area contributed by atoms with Gasteiger partial charge in [-0.3, -0.25) is 9.69 Å². The number of amides is 1. The molecule has 144 valence electrons. The van der Waals surface area contributed by atoms with Crippen LogP contribution in [0.2, 0.25) is 0 Å². The second-order valence-corrected chi connectivity index (χ2v) is 6.95. The molecule has 1 N–H and O–H groups in total. The Morgan fingerprint density at radius 2 is 1.92 bits per heavy atom. The van der Waals surface area contributed by atoms with E-state index in [1.54, 1.807) is 12.1 Å². The number of aromatic nitrogens is 1. The highest BCUT2D eigenvalue weighted by molar-refractivity contribution is 6.01. The topological polar surface area (TPSA) is 79.7 Å². The molecule has 1 fully saturated rings. The first-order chi connectivity index (χ1) is 12.6. The number of anilines is 1. The van der Waals surface area contributed by atoms with E-state index in [4.69, 9.17) is 4.74 Å². The first-order valence-electron chi connectivity index (χ1n) is 9.64. The van der Waals surface area contributed by atoms with Crippen molar-refractivity contribution in [2.75, 3.05) is 12.0 Å². The molecule has 1 aliphatic rings. The number of carboxylic acid groups (broad SMARTS) is 1. The molecule has 0 aliphatic heterocycles. The fourth-order valence-electron chi connectivity index (χ4n) is 3.10. The van der Waals surface area contributed by atoms with E-state index in [2.05, 4.69) is 11.9 Å². The summed E-state index contributed by atoms with van der Waals surface area (Å²) in [6, 6.07) is 2.53. The van der Waals surface area contributed by atoms with Crippen LogP contribution in [0.1, 0.15) is 64.7 Å². The molecular formula is C20H30N2O4. The first kappa shape index (κ1) is 20.2. The van der Waals surface area contributed by atoms with Crippen LogP contribution in [0, 0.1) is 5.92 Å². The summed E-state index contributed by atoms with van der Waals surface area (Å²) in [5, 5.41) is 9.76. The minimum atomic E-state index is -0.955. The normalized spacial score (nSPS) is 14.7. The third-order valence-electron chi connectivity index (χ3n) is 4.80. The zero-order valence-electron chi connectivity index (χ0n) is 15.8. The number of rotatable bonds is 12. The summed E-state index contributed by atoms with van der Waals surface area (Å²) in [6.45, 7) is 2.17. The Morgan fingerprint density at radius 1 is 1.23 bits per heavy atom. The number of unbranched alkanes of at least 4 members (excludes halogenated alkanes) is 5. The number of carbonyl (C=O) groups excluding carboxylic acids is 1. The lowest BCUT2D eigenvalue weighted by molar-refractivity contribution is -0.140. The summed E-state index contributed by atoms with van der Waals surface area (Å²) in [4.78, 5) is 30.3. The van der Waals surface area contributed by atoms with Gasteiger partial charge >= 0.3 is 5.97 Å². The van der Waals surface area contributed by atoms with Crippen molar-refractivity contribution in [3.63, 3.8) is 0 Å². The van der Waals surface area contributed by atoms with E-state index in [1.807, 2.05) is 0 Å². The van der Waals surface area contributed by atoms with Gasteiger partial charge in [0, 0.05) is 12.0 Å². The molecule has 0 spiro atoms. The number of hydrogen-bond donors (Lipinski definition) is 1. The van der Waals surface area contributed by atoms with Crippen LogP contribution in [0.3, 0.4) is 0 Å². The lowest BCUT2D eigenvalue weighted by Crippen LogP contribution is -2.46. The maximum atomic E-state index is 12.8. The molecule has 1 heterocycles. The number of aliphatic carboxylic acids is 1. The molecule has 1 saturated carbocycles.